The summed E-state index contributed by atoms with van der Waals surface area (Å²) in [5.41, 5.74) is -0.672. The van der Waals surface area contributed by atoms with Crippen LogP contribution in [-0.4, -0.2) is 58.7 Å². The van der Waals surface area contributed by atoms with Gasteiger partial charge in [-0.25, -0.2) is 0 Å². The van der Waals surface area contributed by atoms with Gasteiger partial charge in [-0.3, -0.25) is 4.79 Å². The molecule has 2 rings (SSSR count). The third-order valence-electron chi connectivity index (χ3n) is 3.53. The average Bonchev–Trinajstić information content (AvgIpc) is 2.68. The maximum absolute atomic E-state index is 12.0. The molecule has 0 aromatic heterocycles. The Kier molecular flexibility index (Phi) is 4.33. The van der Waals surface area contributed by atoms with Crippen LogP contribution in [-0.2, 0) is 4.79 Å². The number of hydrogen-bond acceptors (Lipinski definition) is 4. The van der Waals surface area contributed by atoms with Crippen molar-refractivity contribution in [2.75, 3.05) is 31.9 Å². The van der Waals surface area contributed by atoms with Crippen LogP contribution in [0.1, 0.15) is 26.2 Å². The molecule has 2 N–H and O–H groups in total. The number of likely N-dealkylation sites (tertiary alicyclic amines) is 1. The molecule has 1 atom stereocenters. The summed E-state index contributed by atoms with van der Waals surface area (Å²) in [6.45, 7) is 5.16. The summed E-state index contributed by atoms with van der Waals surface area (Å²) >= 11 is 1.78. The van der Waals surface area contributed by atoms with Gasteiger partial charge in [-0.05, 0) is 39.3 Å². The molecule has 1 amide bonds. The number of carbonyl (C=O) groups is 1. The zero-order valence-electron chi connectivity index (χ0n) is 10.4. The minimum Gasteiger partial charge on any atom is -0.388 e. The number of carbonyl (C=O) groups excluding carboxylic acids is 1. The molecule has 2 fully saturated rings. The van der Waals surface area contributed by atoms with Gasteiger partial charge in [0.25, 0.3) is 0 Å². The lowest BCUT2D eigenvalue weighted by Gasteiger charge is -2.23. The predicted molar refractivity (Wildman–Crippen MR) is 70.2 cm³/mol. The van der Waals surface area contributed by atoms with Crippen LogP contribution in [0.3, 0.4) is 0 Å². The minimum absolute atomic E-state index is 0.186. The number of rotatable bonds is 3. The van der Waals surface area contributed by atoms with E-state index in [2.05, 4.69) is 5.32 Å². The Bertz CT molecular complexity index is 278. The van der Waals surface area contributed by atoms with Gasteiger partial charge in [-0.2, -0.15) is 0 Å². The predicted octanol–water partition coefficient (Wildman–Crippen LogP) is 0.455. The summed E-state index contributed by atoms with van der Waals surface area (Å²) in [5, 5.41) is 13.8. The molecule has 0 spiro atoms. The zero-order valence-corrected chi connectivity index (χ0v) is 11.3. The van der Waals surface area contributed by atoms with E-state index in [9.17, 15) is 9.90 Å². The van der Waals surface area contributed by atoms with Gasteiger partial charge in [0.05, 0.1) is 11.4 Å². The number of hydrogen-bond donors (Lipinski definition) is 2. The van der Waals surface area contributed by atoms with Crippen molar-refractivity contribution in [2.24, 2.45) is 0 Å². The lowest BCUT2D eigenvalue weighted by Crippen LogP contribution is -2.36. The Hall–Kier alpha value is -0.260. The van der Waals surface area contributed by atoms with Crippen molar-refractivity contribution < 1.29 is 9.90 Å². The highest BCUT2D eigenvalue weighted by atomic mass is 32.2. The maximum Gasteiger partial charge on any atom is 0.232 e. The summed E-state index contributed by atoms with van der Waals surface area (Å²) in [6.07, 6.45) is 3.03. The lowest BCUT2D eigenvalue weighted by atomic mass is 10.1. The maximum atomic E-state index is 12.0. The number of amides is 1. The highest BCUT2D eigenvalue weighted by Crippen LogP contribution is 2.24. The highest BCUT2D eigenvalue weighted by Gasteiger charge is 2.33. The van der Waals surface area contributed by atoms with E-state index in [0.717, 1.165) is 25.9 Å². The molecule has 5 heteroatoms. The number of aliphatic hydroxyl groups is 1. The molecule has 0 saturated carbocycles. The van der Waals surface area contributed by atoms with E-state index in [1.807, 2.05) is 0 Å². The quantitative estimate of drug-likeness (QED) is 0.772. The van der Waals surface area contributed by atoms with E-state index in [1.54, 1.807) is 23.6 Å². The molecule has 1 unspecified atom stereocenters. The molecular weight excluding hydrogens is 236 g/mol. The van der Waals surface area contributed by atoms with E-state index < -0.39 is 5.60 Å². The second kappa shape index (κ2) is 5.59. The molecule has 2 saturated heterocycles. The monoisotopic (exact) mass is 258 g/mol. The van der Waals surface area contributed by atoms with Crippen molar-refractivity contribution in [3.8, 4) is 0 Å². The second-order valence-corrected chi connectivity index (χ2v) is 6.61. The van der Waals surface area contributed by atoms with Crippen LogP contribution in [0.5, 0.6) is 0 Å². The van der Waals surface area contributed by atoms with E-state index in [1.165, 1.54) is 0 Å². The molecule has 2 aliphatic heterocycles. The molecular formula is C12H22N2O2S. The first-order chi connectivity index (χ1) is 8.07. The van der Waals surface area contributed by atoms with E-state index >= 15 is 0 Å². The van der Waals surface area contributed by atoms with E-state index in [4.69, 9.17) is 0 Å². The third-order valence-corrected chi connectivity index (χ3v) is 4.89. The summed E-state index contributed by atoms with van der Waals surface area (Å²) in [4.78, 5) is 13.8. The number of thioether (sulfide) groups is 1. The lowest BCUT2D eigenvalue weighted by molar-refractivity contribution is -0.128. The van der Waals surface area contributed by atoms with Crippen molar-refractivity contribution in [3.63, 3.8) is 0 Å². The summed E-state index contributed by atoms with van der Waals surface area (Å²) in [6, 6.07) is 0. The smallest absolute Gasteiger partial charge is 0.232 e. The minimum atomic E-state index is -0.672. The molecule has 4 nitrogen and oxygen atoms in total. The van der Waals surface area contributed by atoms with Gasteiger partial charge in [-0.1, -0.05) is 0 Å². The fourth-order valence-electron chi connectivity index (χ4n) is 2.40. The summed E-state index contributed by atoms with van der Waals surface area (Å²) in [5.74, 6) is 0.757. The van der Waals surface area contributed by atoms with Crippen molar-refractivity contribution >= 4 is 17.7 Å². The van der Waals surface area contributed by atoms with Gasteiger partial charge in [-0.15, -0.1) is 11.8 Å². The number of β-amino-alcohol motifs (C(OH)–C–C–N with tert-alkyl or cyclic N) is 1. The molecule has 2 heterocycles. The first-order valence-electron chi connectivity index (χ1n) is 6.39. The topological polar surface area (TPSA) is 52.6 Å². The molecule has 0 radical (unpaired) electrons. The molecule has 0 aromatic rings. The zero-order chi connectivity index (χ0) is 12.3. The number of nitrogens with one attached hydrogen (secondary N) is 1. The Morgan fingerprint density at radius 3 is 2.82 bits per heavy atom. The van der Waals surface area contributed by atoms with Crippen LogP contribution in [0, 0.1) is 0 Å². The molecule has 0 aliphatic carbocycles. The van der Waals surface area contributed by atoms with Gasteiger partial charge in [0.15, 0.2) is 0 Å². The van der Waals surface area contributed by atoms with Crippen LogP contribution in [0.25, 0.3) is 0 Å². The number of nitrogens with zero attached hydrogens (tertiary/aromatic N) is 1. The SMILES string of the molecule is CC1(O)CCN(C(=O)CSC2CCNCC2)C1. The van der Waals surface area contributed by atoms with E-state index in [0.29, 0.717) is 30.5 Å². The van der Waals surface area contributed by atoms with Crippen molar-refractivity contribution in [1.82, 2.24) is 10.2 Å². The largest absolute Gasteiger partial charge is 0.388 e. The van der Waals surface area contributed by atoms with Crippen LogP contribution in [0.15, 0.2) is 0 Å². The Morgan fingerprint density at radius 2 is 2.24 bits per heavy atom. The van der Waals surface area contributed by atoms with E-state index in [-0.39, 0.29) is 5.91 Å². The fraction of sp³-hybridized carbons (Fsp3) is 0.917. The average molecular weight is 258 g/mol. The fourth-order valence-corrected chi connectivity index (χ4v) is 3.53. The van der Waals surface area contributed by atoms with Gasteiger partial charge >= 0.3 is 0 Å². The second-order valence-electron chi connectivity index (χ2n) is 5.32. The van der Waals surface area contributed by atoms with Gasteiger partial charge in [0.2, 0.25) is 5.91 Å². The van der Waals surface area contributed by atoms with Crippen LogP contribution >= 0.6 is 11.8 Å². The summed E-state index contributed by atoms with van der Waals surface area (Å²) < 4.78 is 0. The molecule has 2 aliphatic rings. The molecule has 17 heavy (non-hydrogen) atoms. The van der Waals surface area contributed by atoms with Gasteiger partial charge in [0.1, 0.15) is 0 Å². The van der Waals surface area contributed by atoms with Crippen LogP contribution in [0.4, 0.5) is 0 Å². The Morgan fingerprint density at radius 1 is 1.53 bits per heavy atom. The number of piperidine rings is 1. The normalized spacial score (nSPS) is 30.8. The first-order valence-corrected chi connectivity index (χ1v) is 7.44. The Balaban J connectivity index is 1.70. The van der Waals surface area contributed by atoms with Crippen molar-refractivity contribution in [2.45, 2.75) is 37.0 Å². The van der Waals surface area contributed by atoms with Crippen molar-refractivity contribution in [1.29, 1.82) is 0 Å². The third kappa shape index (κ3) is 3.86. The molecule has 98 valence electrons. The Labute approximate surface area is 107 Å². The standard InChI is InChI=1S/C12H22N2O2S/c1-12(16)4-7-14(9-12)11(15)8-17-10-2-5-13-6-3-10/h10,13,16H,2-9H2,1H3. The van der Waals surface area contributed by atoms with Crippen LogP contribution < -0.4 is 5.32 Å². The molecule has 0 aromatic carbocycles. The molecule has 0 bridgehead atoms. The van der Waals surface area contributed by atoms with Gasteiger partial charge < -0.3 is 15.3 Å². The first kappa shape index (κ1) is 13.2. The van der Waals surface area contributed by atoms with Crippen LogP contribution in [0.2, 0.25) is 0 Å². The van der Waals surface area contributed by atoms with Gasteiger partial charge in [0, 0.05) is 18.3 Å². The summed E-state index contributed by atoms with van der Waals surface area (Å²) in [7, 11) is 0. The highest BCUT2D eigenvalue weighted by molar-refractivity contribution is 8.00. The van der Waals surface area contributed by atoms with Crippen molar-refractivity contribution in [3.05, 3.63) is 0 Å².